The molecule has 4 aliphatic carbocycles. The van der Waals surface area contributed by atoms with Gasteiger partial charge in [-0.05, 0) is 71.7 Å². The fourth-order valence-corrected chi connectivity index (χ4v) is 11.3. The van der Waals surface area contributed by atoms with Gasteiger partial charge in [0, 0.05) is 50.7 Å². The van der Waals surface area contributed by atoms with E-state index in [-0.39, 0.29) is 18.0 Å². The second-order valence-electron chi connectivity index (χ2n) is 14.6. The van der Waals surface area contributed by atoms with Crippen LogP contribution in [0.1, 0.15) is 17.9 Å². The van der Waals surface area contributed by atoms with Gasteiger partial charge >= 0.3 is 0 Å². The van der Waals surface area contributed by atoms with Gasteiger partial charge in [0.15, 0.2) is 0 Å². The fraction of sp³-hybridized carbons (Fsp3) is 0.167. The number of thioether (sulfide) groups is 1. The molecular formula is C48H38N2OS. The van der Waals surface area contributed by atoms with Crippen LogP contribution in [0.5, 0.6) is 0 Å². The Bertz CT molecular complexity index is 2490. The van der Waals surface area contributed by atoms with E-state index in [1.807, 2.05) is 0 Å². The molecule has 0 saturated carbocycles. The number of rotatable bonds is 5. The summed E-state index contributed by atoms with van der Waals surface area (Å²) in [6, 6.07) is 35.1. The van der Waals surface area contributed by atoms with E-state index in [4.69, 9.17) is 4.42 Å². The molecule has 11 rings (SSSR count). The van der Waals surface area contributed by atoms with Crippen molar-refractivity contribution >= 4 is 50.8 Å². The number of para-hydroxylation sites is 3. The van der Waals surface area contributed by atoms with Gasteiger partial charge in [-0.15, -0.1) is 11.8 Å². The highest BCUT2D eigenvalue weighted by atomic mass is 32.2. The van der Waals surface area contributed by atoms with E-state index >= 15 is 0 Å². The van der Waals surface area contributed by atoms with Crippen LogP contribution in [0.2, 0.25) is 0 Å². The van der Waals surface area contributed by atoms with Crippen molar-refractivity contribution in [3.05, 3.63) is 198 Å². The third-order valence-electron chi connectivity index (χ3n) is 11.8. The molecule has 0 spiro atoms. The van der Waals surface area contributed by atoms with Crippen molar-refractivity contribution < 1.29 is 4.42 Å². The van der Waals surface area contributed by atoms with Gasteiger partial charge in [0.2, 0.25) is 0 Å². The summed E-state index contributed by atoms with van der Waals surface area (Å²) in [7, 11) is 0. The summed E-state index contributed by atoms with van der Waals surface area (Å²) >= 11 is 2.14. The van der Waals surface area contributed by atoms with Gasteiger partial charge < -0.3 is 14.2 Å². The van der Waals surface area contributed by atoms with Gasteiger partial charge in [0.25, 0.3) is 0 Å². The summed E-state index contributed by atoms with van der Waals surface area (Å²) in [5.41, 5.74) is 11.1. The molecule has 4 heteroatoms. The predicted octanol–water partition coefficient (Wildman–Crippen LogP) is 11.7. The third kappa shape index (κ3) is 4.67. The fourth-order valence-electron chi connectivity index (χ4n) is 9.54. The summed E-state index contributed by atoms with van der Waals surface area (Å²) in [5, 5.41) is 3.34. The monoisotopic (exact) mass is 690 g/mol. The Morgan fingerprint density at radius 3 is 2.44 bits per heavy atom. The Kier molecular flexibility index (Phi) is 7.01. The number of nitrogens with zero attached hydrogens (tertiary/aromatic N) is 2. The van der Waals surface area contributed by atoms with Gasteiger partial charge in [-0.3, -0.25) is 0 Å². The third-order valence-corrected chi connectivity index (χ3v) is 13.5. The Hall–Kier alpha value is -5.45. The molecule has 0 bridgehead atoms. The molecule has 6 aliphatic rings. The highest BCUT2D eigenvalue weighted by molar-refractivity contribution is 8.01. The summed E-state index contributed by atoms with van der Waals surface area (Å²) in [5.74, 6) is 1.18. The van der Waals surface area contributed by atoms with Crippen molar-refractivity contribution in [1.29, 1.82) is 0 Å². The summed E-state index contributed by atoms with van der Waals surface area (Å²) in [4.78, 5) is 5.12. The highest BCUT2D eigenvalue weighted by Crippen LogP contribution is 2.53. The van der Waals surface area contributed by atoms with Crippen LogP contribution in [0.25, 0.3) is 21.9 Å². The number of anilines is 3. The highest BCUT2D eigenvalue weighted by Gasteiger charge is 2.43. The smallest absolute Gasteiger partial charge is 0.137 e. The molecule has 52 heavy (non-hydrogen) atoms. The Morgan fingerprint density at radius 1 is 0.692 bits per heavy atom. The first-order valence-electron chi connectivity index (χ1n) is 18.6. The number of furan rings is 1. The second kappa shape index (κ2) is 12.1. The molecule has 3 heterocycles. The van der Waals surface area contributed by atoms with Gasteiger partial charge in [-0.25, -0.2) is 0 Å². The Balaban J connectivity index is 1.00. The number of hydrogen-bond acceptors (Lipinski definition) is 4. The van der Waals surface area contributed by atoms with Gasteiger partial charge in [0.05, 0.1) is 23.2 Å². The zero-order valence-electron chi connectivity index (χ0n) is 28.7. The maximum absolute atomic E-state index is 6.45. The SMILES string of the molecule is C1=CC2SC3C(=CC=CC3C3=CCC(N(C4=CC5C(C=C4)c4ccccc4N5c4ccccc4)c4cccc5oc6ccccc6c45)C=C3)C2C=C1. The van der Waals surface area contributed by atoms with Crippen LogP contribution < -0.4 is 9.80 Å². The number of allylic oxidation sites excluding steroid dienone is 9. The van der Waals surface area contributed by atoms with Gasteiger partial charge in [0.1, 0.15) is 11.2 Å². The topological polar surface area (TPSA) is 19.6 Å². The number of fused-ring (bicyclic) bond motifs is 9. The first-order chi connectivity index (χ1) is 25.8. The first-order valence-corrected chi connectivity index (χ1v) is 19.5. The molecule has 4 aromatic carbocycles. The average molecular weight is 691 g/mol. The standard InChI is InChI=1S/C48H38N2OS/c1-2-12-32(13-3-1)50-41-19-7-4-14-36(41)37-29-28-34(30-43(37)50)49(42-20-11-22-45-47(42)40-16-5-8-21-44(40)51-45)33-26-24-31(25-27-33)35-17-10-18-39-38-15-6-9-23-46(38)52-48(35)39/h1-26,28-30,33,35,37-38,43,46,48H,27H2. The van der Waals surface area contributed by atoms with E-state index < -0.39 is 0 Å². The molecular weight excluding hydrogens is 653 g/mol. The number of hydrogen-bond donors (Lipinski definition) is 0. The van der Waals surface area contributed by atoms with Crippen LogP contribution in [0.15, 0.2) is 197 Å². The molecule has 2 aliphatic heterocycles. The Morgan fingerprint density at radius 2 is 1.52 bits per heavy atom. The summed E-state index contributed by atoms with van der Waals surface area (Å²) in [6.45, 7) is 0. The lowest BCUT2D eigenvalue weighted by Gasteiger charge is -2.38. The van der Waals surface area contributed by atoms with Crippen molar-refractivity contribution in [2.75, 3.05) is 9.80 Å². The van der Waals surface area contributed by atoms with E-state index in [1.165, 1.54) is 39.3 Å². The van der Waals surface area contributed by atoms with Crippen LogP contribution in [-0.4, -0.2) is 22.6 Å². The van der Waals surface area contributed by atoms with E-state index in [0.29, 0.717) is 22.3 Å². The van der Waals surface area contributed by atoms with E-state index in [9.17, 15) is 0 Å². The lowest BCUT2D eigenvalue weighted by Crippen LogP contribution is -2.37. The molecule has 0 radical (unpaired) electrons. The summed E-state index contributed by atoms with van der Waals surface area (Å²) in [6.07, 6.45) is 32.0. The largest absolute Gasteiger partial charge is 0.456 e. The lowest BCUT2D eigenvalue weighted by atomic mass is 9.79. The molecule has 5 aromatic rings. The normalized spacial score (nSPS) is 28.0. The van der Waals surface area contributed by atoms with Crippen LogP contribution in [0.4, 0.5) is 17.1 Å². The van der Waals surface area contributed by atoms with Gasteiger partial charge in [-0.2, -0.15) is 0 Å². The van der Waals surface area contributed by atoms with Gasteiger partial charge in [-0.1, -0.05) is 127 Å². The predicted molar refractivity (Wildman–Crippen MR) is 218 cm³/mol. The minimum atomic E-state index is 0.136. The minimum absolute atomic E-state index is 0.136. The second-order valence-corrected chi connectivity index (χ2v) is 15.9. The molecule has 0 amide bonds. The molecule has 1 saturated heterocycles. The average Bonchev–Trinajstić information content (AvgIpc) is 3.88. The van der Waals surface area contributed by atoms with Crippen molar-refractivity contribution in [2.24, 2.45) is 11.8 Å². The lowest BCUT2D eigenvalue weighted by molar-refractivity contribution is 0.668. The van der Waals surface area contributed by atoms with E-state index in [1.54, 1.807) is 5.57 Å². The molecule has 1 aromatic heterocycles. The number of benzene rings is 4. The molecule has 7 unspecified atom stereocenters. The molecule has 0 N–H and O–H groups in total. The van der Waals surface area contributed by atoms with Crippen molar-refractivity contribution in [3.8, 4) is 0 Å². The van der Waals surface area contributed by atoms with E-state index in [0.717, 1.165) is 23.0 Å². The summed E-state index contributed by atoms with van der Waals surface area (Å²) < 4.78 is 6.45. The molecule has 1 fully saturated rings. The van der Waals surface area contributed by atoms with Crippen LogP contribution in [0, 0.1) is 11.8 Å². The molecule has 252 valence electrons. The maximum Gasteiger partial charge on any atom is 0.137 e. The van der Waals surface area contributed by atoms with Crippen LogP contribution in [0.3, 0.4) is 0 Å². The Labute approximate surface area is 309 Å². The van der Waals surface area contributed by atoms with E-state index in [2.05, 4.69) is 198 Å². The minimum Gasteiger partial charge on any atom is -0.456 e. The van der Waals surface area contributed by atoms with Crippen molar-refractivity contribution in [3.63, 3.8) is 0 Å². The zero-order valence-corrected chi connectivity index (χ0v) is 29.5. The van der Waals surface area contributed by atoms with Crippen molar-refractivity contribution in [1.82, 2.24) is 0 Å². The maximum atomic E-state index is 6.45. The molecule has 3 nitrogen and oxygen atoms in total. The molecule has 7 atom stereocenters. The quantitative estimate of drug-likeness (QED) is 0.183. The van der Waals surface area contributed by atoms with Crippen LogP contribution in [-0.2, 0) is 0 Å². The van der Waals surface area contributed by atoms with Crippen LogP contribution >= 0.6 is 11.8 Å². The zero-order chi connectivity index (χ0) is 34.2. The first kappa shape index (κ1) is 30.2. The van der Waals surface area contributed by atoms with Crippen molar-refractivity contribution in [2.45, 2.75) is 34.9 Å².